The maximum atomic E-state index is 13.5. The quantitative estimate of drug-likeness (QED) is 0.140. The molecule has 2 atom stereocenters. The summed E-state index contributed by atoms with van der Waals surface area (Å²) >= 11 is 0. The van der Waals surface area contributed by atoms with E-state index in [1.165, 1.54) is 0 Å². The molecule has 0 unspecified atom stereocenters. The van der Waals surface area contributed by atoms with E-state index in [1.54, 1.807) is 4.90 Å². The Hall–Kier alpha value is -5.54. The summed E-state index contributed by atoms with van der Waals surface area (Å²) < 4.78 is 0. The van der Waals surface area contributed by atoms with Crippen LogP contribution in [0.25, 0.3) is 33.3 Å². The van der Waals surface area contributed by atoms with Crippen molar-refractivity contribution < 1.29 is 19.2 Å². The lowest BCUT2D eigenvalue weighted by Gasteiger charge is -2.24. The van der Waals surface area contributed by atoms with Crippen LogP contribution in [0, 0.1) is 0 Å². The number of imide groups is 1. The second kappa shape index (κ2) is 15.1. The minimum absolute atomic E-state index is 0.0262. The van der Waals surface area contributed by atoms with Gasteiger partial charge in [-0.05, 0) is 90.2 Å². The van der Waals surface area contributed by atoms with Gasteiger partial charge in [0, 0.05) is 28.8 Å². The third-order valence-electron chi connectivity index (χ3n) is 10.1. The molecule has 0 aliphatic carbocycles. The smallest absolute Gasteiger partial charge is 0.247 e. The number of nitrogens with one attached hydrogen (secondary N) is 4. The van der Waals surface area contributed by atoms with Crippen LogP contribution in [0.4, 0.5) is 5.69 Å². The number of aryl methyl sites for hydroxylation is 1. The number of fused-ring (bicyclic) bond motifs is 1. The highest BCUT2D eigenvalue weighted by Crippen LogP contribution is 2.34. The first-order valence-corrected chi connectivity index (χ1v) is 17.9. The fraction of sp³-hybridized carbons (Fsp3) is 0.286. The molecule has 1 aromatic heterocycles. The number of H-pyrrole nitrogens is 1. The number of aromatic amines is 1. The summed E-state index contributed by atoms with van der Waals surface area (Å²) in [4.78, 5) is 57.2. The van der Waals surface area contributed by atoms with E-state index in [1.807, 2.05) is 72.8 Å². The number of amides is 4. The van der Waals surface area contributed by atoms with Crippen molar-refractivity contribution in [1.82, 2.24) is 20.5 Å². The summed E-state index contributed by atoms with van der Waals surface area (Å²) in [5.41, 5.74) is 8.59. The molecule has 4 aromatic carbocycles. The molecule has 4 amide bonds. The number of hydrogen-bond donors (Lipinski definition) is 4. The molecule has 5 aromatic rings. The minimum atomic E-state index is -0.487. The normalized spacial score (nSPS) is 17.1. The van der Waals surface area contributed by atoms with Gasteiger partial charge in [0.05, 0.1) is 18.9 Å². The third-order valence-corrected chi connectivity index (χ3v) is 10.1. The molecular weight excluding hydrogens is 638 g/mol. The Kier molecular flexibility index (Phi) is 10.1. The highest BCUT2D eigenvalue weighted by Gasteiger charge is 2.34. The van der Waals surface area contributed by atoms with Crippen molar-refractivity contribution in [2.24, 2.45) is 0 Å². The fourth-order valence-electron chi connectivity index (χ4n) is 7.50. The molecule has 260 valence electrons. The molecular formula is C42H43N5O4. The van der Waals surface area contributed by atoms with Gasteiger partial charge in [0.15, 0.2) is 0 Å². The lowest BCUT2D eigenvalue weighted by Crippen LogP contribution is -2.43. The van der Waals surface area contributed by atoms with E-state index in [0.717, 1.165) is 82.2 Å². The fourth-order valence-corrected chi connectivity index (χ4v) is 7.50. The topological polar surface area (TPSA) is 123 Å². The number of nitrogens with zero attached hydrogens (tertiary/aromatic N) is 1. The second-order valence-electron chi connectivity index (χ2n) is 13.5. The van der Waals surface area contributed by atoms with Crippen molar-refractivity contribution in [2.45, 2.75) is 64.0 Å². The molecule has 7 rings (SSSR count). The molecule has 0 radical (unpaired) electrons. The van der Waals surface area contributed by atoms with Crippen LogP contribution in [0.15, 0.2) is 97.1 Å². The Morgan fingerprint density at radius 1 is 0.804 bits per heavy atom. The van der Waals surface area contributed by atoms with Crippen LogP contribution in [-0.2, 0) is 38.4 Å². The minimum Gasteiger partial charge on any atom is -0.354 e. The van der Waals surface area contributed by atoms with Gasteiger partial charge in [-0.2, -0.15) is 0 Å². The number of benzene rings is 4. The van der Waals surface area contributed by atoms with Gasteiger partial charge in [-0.15, -0.1) is 0 Å². The molecule has 9 heteroatoms. The SMILES string of the molecule is CCc1c(-c2ccc(-c3ccccc3CC(=O)NC(=O)[C@@H]3CCCN3)cc2)[nH]c2ccc(NC(=O)[C@@H]3CCCN3C(=O)Cc3ccccc3)cc12. The van der Waals surface area contributed by atoms with Gasteiger partial charge in [-0.3, -0.25) is 24.5 Å². The van der Waals surface area contributed by atoms with Crippen LogP contribution in [0.3, 0.4) is 0 Å². The molecule has 3 heterocycles. The Labute approximate surface area is 297 Å². The number of carbonyl (C=O) groups is 4. The molecule has 2 aliphatic heterocycles. The summed E-state index contributed by atoms with van der Waals surface area (Å²) in [7, 11) is 0. The lowest BCUT2D eigenvalue weighted by molar-refractivity contribution is -0.136. The zero-order valence-electron chi connectivity index (χ0n) is 28.8. The van der Waals surface area contributed by atoms with Gasteiger partial charge in [-0.25, -0.2) is 0 Å². The van der Waals surface area contributed by atoms with E-state index < -0.39 is 6.04 Å². The molecule has 51 heavy (non-hydrogen) atoms. The largest absolute Gasteiger partial charge is 0.354 e. The zero-order chi connectivity index (χ0) is 35.3. The summed E-state index contributed by atoms with van der Waals surface area (Å²) in [6, 6.07) is 30.8. The molecule has 4 N–H and O–H groups in total. The molecule has 2 saturated heterocycles. The van der Waals surface area contributed by atoms with Crippen LogP contribution in [0.1, 0.15) is 49.3 Å². The van der Waals surface area contributed by atoms with Gasteiger partial charge in [0.25, 0.3) is 0 Å². The highest BCUT2D eigenvalue weighted by atomic mass is 16.2. The van der Waals surface area contributed by atoms with E-state index >= 15 is 0 Å². The number of hydrogen-bond acceptors (Lipinski definition) is 5. The molecule has 0 spiro atoms. The van der Waals surface area contributed by atoms with Crippen molar-refractivity contribution in [3.05, 3.63) is 114 Å². The predicted octanol–water partition coefficient (Wildman–Crippen LogP) is 6.17. The monoisotopic (exact) mass is 681 g/mol. The van der Waals surface area contributed by atoms with Gasteiger partial charge >= 0.3 is 0 Å². The standard InChI is InChI=1S/C42H43N5O4/c1-2-32-34-26-31(44-42(51)37-15-9-23-47(37)39(49)24-27-10-4-3-5-11-27)20-21-35(34)45-40(32)29-18-16-28(17-19-29)33-13-7-6-12-30(33)25-38(48)46-41(50)36-14-8-22-43-36/h3-7,10-13,16-21,26,36-37,43,45H,2,8-9,14-15,22-25H2,1H3,(H,44,51)(H,46,48,50)/t36-,37-/m0/s1. The van der Waals surface area contributed by atoms with E-state index in [4.69, 9.17) is 0 Å². The molecule has 2 fully saturated rings. The maximum absolute atomic E-state index is 13.5. The second-order valence-corrected chi connectivity index (χ2v) is 13.5. The maximum Gasteiger partial charge on any atom is 0.247 e. The van der Waals surface area contributed by atoms with E-state index in [-0.39, 0.29) is 42.5 Å². The van der Waals surface area contributed by atoms with Gasteiger partial charge in [-0.1, -0.05) is 85.8 Å². The van der Waals surface area contributed by atoms with Crippen LogP contribution < -0.4 is 16.0 Å². The van der Waals surface area contributed by atoms with Crippen molar-refractivity contribution in [2.75, 3.05) is 18.4 Å². The van der Waals surface area contributed by atoms with Crippen LogP contribution >= 0.6 is 0 Å². The Balaban J connectivity index is 1.05. The first kappa shape index (κ1) is 33.9. The van der Waals surface area contributed by atoms with E-state index in [9.17, 15) is 19.2 Å². The van der Waals surface area contributed by atoms with Crippen molar-refractivity contribution in [1.29, 1.82) is 0 Å². The summed E-state index contributed by atoms with van der Waals surface area (Å²) in [5, 5.41) is 9.83. The third kappa shape index (κ3) is 7.49. The van der Waals surface area contributed by atoms with Crippen molar-refractivity contribution >= 4 is 40.2 Å². The Morgan fingerprint density at radius 2 is 1.57 bits per heavy atom. The number of anilines is 1. The zero-order valence-corrected chi connectivity index (χ0v) is 28.8. The molecule has 2 aliphatic rings. The summed E-state index contributed by atoms with van der Waals surface area (Å²) in [6.45, 7) is 3.50. The van der Waals surface area contributed by atoms with Crippen molar-refractivity contribution in [3.8, 4) is 22.4 Å². The van der Waals surface area contributed by atoms with Gasteiger partial charge in [0.2, 0.25) is 23.6 Å². The Morgan fingerprint density at radius 3 is 2.33 bits per heavy atom. The summed E-state index contributed by atoms with van der Waals surface area (Å²) in [5.74, 6) is -0.754. The number of aromatic nitrogens is 1. The first-order valence-electron chi connectivity index (χ1n) is 17.9. The highest BCUT2D eigenvalue weighted by molar-refractivity contribution is 6.01. The summed E-state index contributed by atoms with van der Waals surface area (Å²) in [6.07, 6.45) is 4.31. The van der Waals surface area contributed by atoms with Crippen molar-refractivity contribution in [3.63, 3.8) is 0 Å². The first-order chi connectivity index (χ1) is 24.9. The number of carbonyl (C=O) groups excluding carboxylic acids is 4. The molecule has 0 bridgehead atoms. The van der Waals surface area contributed by atoms with Crippen LogP contribution in [0.2, 0.25) is 0 Å². The lowest BCUT2D eigenvalue weighted by atomic mass is 9.95. The van der Waals surface area contributed by atoms with E-state index in [2.05, 4.69) is 52.1 Å². The van der Waals surface area contributed by atoms with Gasteiger partial charge < -0.3 is 20.5 Å². The predicted molar refractivity (Wildman–Crippen MR) is 200 cm³/mol. The average molecular weight is 682 g/mol. The Bertz CT molecular complexity index is 2060. The molecule has 0 saturated carbocycles. The van der Waals surface area contributed by atoms with Crippen LogP contribution in [-0.4, -0.2) is 58.7 Å². The molecule has 9 nitrogen and oxygen atoms in total. The number of rotatable bonds is 10. The van der Waals surface area contributed by atoms with E-state index in [0.29, 0.717) is 18.7 Å². The van der Waals surface area contributed by atoms with Gasteiger partial charge in [0.1, 0.15) is 6.04 Å². The van der Waals surface area contributed by atoms with Crippen LogP contribution in [0.5, 0.6) is 0 Å². The average Bonchev–Trinajstić information content (AvgIpc) is 3.93. The number of likely N-dealkylation sites (tertiary alicyclic amines) is 1.